The van der Waals surface area contributed by atoms with E-state index in [-0.39, 0.29) is 17.6 Å². The van der Waals surface area contributed by atoms with Crippen LogP contribution in [0.2, 0.25) is 5.02 Å². The maximum absolute atomic E-state index is 6.46. The molecule has 10 heteroatoms. The molecule has 0 saturated carbocycles. The standard InChI is InChI=1S/C20H24ClN7OS/c1-12-16(22)20(11-29-12)3-7-27(8-4-20)19-26-10-14(18-25-6-9-28(18)19)30-13-2-5-24-17(23)15(13)21/h2,5-6,9-10,12,16H,3-4,7-8,11,22H2,1H3,(H2,23,24)/t12-,16+/m0/s1. The Morgan fingerprint density at radius 3 is 2.73 bits per heavy atom. The molecule has 30 heavy (non-hydrogen) atoms. The smallest absolute Gasteiger partial charge is 0.211 e. The molecular weight excluding hydrogens is 422 g/mol. The fraction of sp³-hybridized carbons (Fsp3) is 0.450. The lowest BCUT2D eigenvalue weighted by Crippen LogP contribution is -2.51. The minimum Gasteiger partial charge on any atom is -0.382 e. The monoisotopic (exact) mass is 445 g/mol. The number of imidazole rings is 1. The van der Waals surface area contributed by atoms with Gasteiger partial charge in [-0.15, -0.1) is 0 Å². The number of rotatable bonds is 3. The zero-order valence-electron chi connectivity index (χ0n) is 16.7. The Hall–Kier alpha value is -2.07. The molecule has 5 rings (SSSR count). The van der Waals surface area contributed by atoms with Crippen molar-refractivity contribution in [3.05, 3.63) is 35.9 Å². The summed E-state index contributed by atoms with van der Waals surface area (Å²) in [6, 6.07) is 1.94. The van der Waals surface area contributed by atoms with Gasteiger partial charge in [0.1, 0.15) is 5.82 Å². The predicted molar refractivity (Wildman–Crippen MR) is 118 cm³/mol. The first-order valence-electron chi connectivity index (χ1n) is 10.0. The van der Waals surface area contributed by atoms with Gasteiger partial charge in [0.15, 0.2) is 5.65 Å². The normalized spacial score (nSPS) is 23.5. The van der Waals surface area contributed by atoms with Gasteiger partial charge in [0.25, 0.3) is 0 Å². The summed E-state index contributed by atoms with van der Waals surface area (Å²) in [5, 5.41) is 0.446. The molecule has 8 nitrogen and oxygen atoms in total. The Morgan fingerprint density at radius 1 is 1.20 bits per heavy atom. The topological polar surface area (TPSA) is 108 Å². The molecular formula is C20H24ClN7OS. The highest BCUT2D eigenvalue weighted by atomic mass is 35.5. The second-order valence-corrected chi connectivity index (χ2v) is 9.51. The van der Waals surface area contributed by atoms with Gasteiger partial charge in [-0.25, -0.2) is 15.0 Å². The molecule has 2 aliphatic heterocycles. The van der Waals surface area contributed by atoms with Gasteiger partial charge in [-0.1, -0.05) is 23.4 Å². The second-order valence-electron chi connectivity index (χ2n) is 8.04. The van der Waals surface area contributed by atoms with Gasteiger partial charge in [-0.2, -0.15) is 0 Å². The molecule has 2 atom stereocenters. The van der Waals surface area contributed by atoms with Crippen molar-refractivity contribution in [3.8, 4) is 0 Å². The van der Waals surface area contributed by atoms with Crippen LogP contribution >= 0.6 is 23.4 Å². The van der Waals surface area contributed by atoms with Crippen LogP contribution in [-0.2, 0) is 4.74 Å². The molecule has 2 saturated heterocycles. The summed E-state index contributed by atoms with van der Waals surface area (Å²) in [6.07, 6.45) is 9.36. The molecule has 0 aromatic carbocycles. The third-order valence-electron chi connectivity index (χ3n) is 6.36. The number of fused-ring (bicyclic) bond motifs is 1. The van der Waals surface area contributed by atoms with Gasteiger partial charge in [0, 0.05) is 54.2 Å². The molecule has 4 N–H and O–H groups in total. The molecule has 0 aliphatic carbocycles. The Bertz CT molecular complexity index is 1080. The molecule has 1 spiro atoms. The van der Waals surface area contributed by atoms with Crippen molar-refractivity contribution in [2.45, 2.75) is 41.7 Å². The number of pyridine rings is 1. The number of nitrogens with two attached hydrogens (primary N) is 2. The quantitative estimate of drug-likeness (QED) is 0.633. The van der Waals surface area contributed by atoms with Crippen molar-refractivity contribution in [2.24, 2.45) is 11.1 Å². The number of nitrogens with zero attached hydrogens (tertiary/aromatic N) is 5. The third-order valence-corrected chi connectivity index (χ3v) is 7.94. The molecule has 2 fully saturated rings. The fourth-order valence-electron chi connectivity index (χ4n) is 4.45. The van der Waals surface area contributed by atoms with Crippen molar-refractivity contribution in [3.63, 3.8) is 0 Å². The summed E-state index contributed by atoms with van der Waals surface area (Å²) in [4.78, 5) is 17.4. The van der Waals surface area contributed by atoms with E-state index in [1.165, 1.54) is 11.8 Å². The summed E-state index contributed by atoms with van der Waals surface area (Å²) in [5.74, 6) is 1.21. The maximum atomic E-state index is 6.46. The van der Waals surface area contributed by atoms with Crippen LogP contribution < -0.4 is 16.4 Å². The summed E-state index contributed by atoms with van der Waals surface area (Å²) in [7, 11) is 0. The van der Waals surface area contributed by atoms with E-state index < -0.39 is 0 Å². The van der Waals surface area contributed by atoms with E-state index in [4.69, 9.17) is 32.8 Å². The Kier molecular flexibility index (Phi) is 5.01. The van der Waals surface area contributed by atoms with Crippen molar-refractivity contribution in [1.82, 2.24) is 19.4 Å². The van der Waals surface area contributed by atoms with E-state index >= 15 is 0 Å². The van der Waals surface area contributed by atoms with Crippen LogP contribution in [0.25, 0.3) is 5.65 Å². The molecule has 0 unspecified atom stereocenters. The van der Waals surface area contributed by atoms with E-state index in [9.17, 15) is 0 Å². The minimum atomic E-state index is 0.0811. The van der Waals surface area contributed by atoms with Crippen LogP contribution in [0, 0.1) is 5.41 Å². The molecule has 5 heterocycles. The molecule has 0 bridgehead atoms. The van der Waals surface area contributed by atoms with Gasteiger partial charge in [0.05, 0.1) is 22.6 Å². The number of halogens is 1. The average Bonchev–Trinajstić information content (AvgIpc) is 3.35. The fourth-order valence-corrected chi connectivity index (χ4v) is 5.59. The van der Waals surface area contributed by atoms with Crippen molar-refractivity contribution >= 4 is 40.8 Å². The number of ether oxygens (including phenoxy) is 1. The van der Waals surface area contributed by atoms with E-state index in [1.54, 1.807) is 12.4 Å². The van der Waals surface area contributed by atoms with Crippen LogP contribution in [-0.4, -0.2) is 51.2 Å². The number of anilines is 2. The van der Waals surface area contributed by atoms with Gasteiger partial charge in [-0.05, 0) is 25.8 Å². The first-order chi connectivity index (χ1) is 14.5. The van der Waals surface area contributed by atoms with Crippen LogP contribution in [0.5, 0.6) is 0 Å². The van der Waals surface area contributed by atoms with Crippen molar-refractivity contribution in [1.29, 1.82) is 0 Å². The van der Waals surface area contributed by atoms with E-state index in [0.29, 0.717) is 10.8 Å². The summed E-state index contributed by atoms with van der Waals surface area (Å²) >= 11 is 7.80. The predicted octanol–water partition coefficient (Wildman–Crippen LogP) is 2.84. The molecule has 3 aromatic heterocycles. The summed E-state index contributed by atoms with van der Waals surface area (Å²) < 4.78 is 7.88. The Morgan fingerprint density at radius 2 is 2.00 bits per heavy atom. The van der Waals surface area contributed by atoms with Crippen LogP contribution in [0.15, 0.2) is 40.6 Å². The Balaban J connectivity index is 1.40. The second kappa shape index (κ2) is 7.56. The van der Waals surface area contributed by atoms with Gasteiger partial charge < -0.3 is 21.1 Å². The minimum absolute atomic E-state index is 0.0811. The number of piperidine rings is 1. The first-order valence-corrected chi connectivity index (χ1v) is 11.2. The number of aromatic nitrogens is 4. The zero-order chi connectivity index (χ0) is 20.9. The highest BCUT2D eigenvalue weighted by Gasteiger charge is 2.47. The lowest BCUT2D eigenvalue weighted by Gasteiger charge is -2.41. The van der Waals surface area contributed by atoms with Crippen LogP contribution in [0.3, 0.4) is 0 Å². The lowest BCUT2D eigenvalue weighted by molar-refractivity contribution is 0.0973. The Labute approximate surface area is 184 Å². The zero-order valence-corrected chi connectivity index (χ0v) is 18.2. The van der Waals surface area contributed by atoms with E-state index in [1.807, 2.05) is 22.9 Å². The van der Waals surface area contributed by atoms with Gasteiger partial charge >= 0.3 is 0 Å². The van der Waals surface area contributed by atoms with Crippen LogP contribution in [0.4, 0.5) is 11.8 Å². The summed E-state index contributed by atoms with van der Waals surface area (Å²) in [6.45, 7) is 4.61. The van der Waals surface area contributed by atoms with Gasteiger partial charge in [0.2, 0.25) is 5.95 Å². The molecule has 2 aliphatic rings. The average molecular weight is 446 g/mol. The molecule has 0 amide bonds. The number of nitrogen functional groups attached to an aromatic ring is 1. The summed E-state index contributed by atoms with van der Waals surface area (Å²) in [5.41, 5.74) is 13.2. The first kappa shape index (κ1) is 19.9. The molecule has 0 radical (unpaired) electrons. The van der Waals surface area contributed by atoms with Crippen LogP contribution in [0.1, 0.15) is 19.8 Å². The SMILES string of the molecule is C[C@@H]1OCC2(CCN(c3ncc(Sc4ccnc(N)c4Cl)c4nccn34)CC2)[C@@H]1N. The molecule has 3 aromatic rings. The van der Waals surface area contributed by atoms with E-state index in [2.05, 4.69) is 21.8 Å². The number of hydrogen-bond donors (Lipinski definition) is 2. The highest BCUT2D eigenvalue weighted by molar-refractivity contribution is 7.99. The highest BCUT2D eigenvalue weighted by Crippen LogP contribution is 2.42. The van der Waals surface area contributed by atoms with Crippen molar-refractivity contribution < 1.29 is 4.74 Å². The number of hydrogen-bond acceptors (Lipinski definition) is 8. The van der Waals surface area contributed by atoms with E-state index in [0.717, 1.165) is 53.9 Å². The largest absolute Gasteiger partial charge is 0.382 e. The van der Waals surface area contributed by atoms with Gasteiger partial charge in [-0.3, -0.25) is 4.40 Å². The van der Waals surface area contributed by atoms with Crippen molar-refractivity contribution in [2.75, 3.05) is 30.3 Å². The third kappa shape index (κ3) is 3.20. The maximum Gasteiger partial charge on any atom is 0.211 e. The molecule has 158 valence electrons. The lowest BCUT2D eigenvalue weighted by atomic mass is 9.73.